The highest BCUT2D eigenvalue weighted by Crippen LogP contribution is 2.11. The number of benzene rings is 2. The second-order valence-corrected chi connectivity index (χ2v) is 9.87. The highest BCUT2D eigenvalue weighted by atomic mass is 35.5. The predicted octanol–water partition coefficient (Wildman–Crippen LogP) is 2.36. The Labute approximate surface area is 130 Å². The van der Waals surface area contributed by atoms with Crippen LogP contribution in [0, 0.1) is 0 Å². The summed E-state index contributed by atoms with van der Waals surface area (Å²) >= 11 is 6.04. The first-order chi connectivity index (χ1) is 10.2. The Morgan fingerprint density at radius 1 is 1.00 bits per heavy atom. The topological polar surface area (TPSA) is 30.7 Å². The van der Waals surface area contributed by atoms with Gasteiger partial charge in [-0.3, -0.25) is 4.68 Å². The summed E-state index contributed by atoms with van der Waals surface area (Å²) in [6.45, 7) is 2.35. The molecule has 1 unspecified atom stereocenters. The van der Waals surface area contributed by atoms with Gasteiger partial charge in [-0.15, -0.1) is 0 Å². The summed E-state index contributed by atoms with van der Waals surface area (Å²) in [5.41, 5.74) is 0. The van der Waals surface area contributed by atoms with Gasteiger partial charge in [0.2, 0.25) is 0 Å². The van der Waals surface area contributed by atoms with E-state index in [4.69, 9.17) is 11.6 Å². The summed E-state index contributed by atoms with van der Waals surface area (Å²) in [6, 6.07) is 18.9. The summed E-state index contributed by atoms with van der Waals surface area (Å²) in [5, 5.41) is 7.77. The van der Waals surface area contributed by atoms with Crippen LogP contribution in [0.3, 0.4) is 0 Å². The molecule has 3 rings (SSSR count). The summed E-state index contributed by atoms with van der Waals surface area (Å²) in [7, 11) is -1.93. The zero-order valence-corrected chi connectivity index (χ0v) is 13.5. The minimum Gasteiger partial charge on any atom is -0.255 e. The maximum Gasteiger partial charge on any atom is 0.137 e. The van der Waals surface area contributed by atoms with Crippen molar-refractivity contribution >= 4 is 30.0 Å². The van der Waals surface area contributed by atoms with E-state index in [1.165, 1.54) is 10.4 Å². The van der Waals surface area contributed by atoms with Gasteiger partial charge in [-0.2, -0.15) is 5.10 Å². The quantitative estimate of drug-likeness (QED) is 0.692. The molecule has 0 spiro atoms. The maximum absolute atomic E-state index is 6.04. The molecule has 3 nitrogen and oxygen atoms in total. The molecule has 0 fully saturated rings. The van der Waals surface area contributed by atoms with E-state index in [1.54, 1.807) is 12.7 Å². The Hall–Kier alpha value is -1.91. The summed E-state index contributed by atoms with van der Waals surface area (Å²) < 4.78 is 1.92. The summed E-state index contributed by atoms with van der Waals surface area (Å²) in [6.07, 6.45) is 4.23. The number of aromatic nitrogens is 3. The second kappa shape index (κ2) is 5.83. The smallest absolute Gasteiger partial charge is 0.137 e. The van der Waals surface area contributed by atoms with E-state index in [0.29, 0.717) is 0 Å². The molecule has 1 atom stereocenters. The van der Waals surface area contributed by atoms with E-state index in [1.807, 2.05) is 16.8 Å². The largest absolute Gasteiger partial charge is 0.255 e. The van der Waals surface area contributed by atoms with Crippen molar-refractivity contribution in [3.8, 4) is 0 Å². The Morgan fingerprint density at radius 3 is 2.29 bits per heavy atom. The van der Waals surface area contributed by atoms with Crippen molar-refractivity contribution in [2.75, 3.05) is 0 Å². The molecule has 0 N–H and O–H groups in total. The van der Waals surface area contributed by atoms with Gasteiger partial charge in [0.25, 0.3) is 0 Å². The van der Waals surface area contributed by atoms with Crippen LogP contribution in [0.2, 0.25) is 11.6 Å². The van der Waals surface area contributed by atoms with Crippen LogP contribution in [0.4, 0.5) is 0 Å². The monoisotopic (exact) mass is 313 g/mol. The van der Waals surface area contributed by atoms with E-state index in [9.17, 15) is 0 Å². The zero-order valence-electron chi connectivity index (χ0n) is 11.8. The van der Waals surface area contributed by atoms with Crippen LogP contribution in [0.15, 0.2) is 67.3 Å². The van der Waals surface area contributed by atoms with Gasteiger partial charge in [0.15, 0.2) is 0 Å². The first-order valence-electron chi connectivity index (χ1n) is 6.82. The molecule has 0 amide bonds. The average molecular weight is 314 g/mol. The molecular formula is C16H16ClN3Si. The lowest BCUT2D eigenvalue weighted by atomic mass is 10.4. The third-order valence-corrected chi connectivity index (χ3v) is 8.26. The minimum absolute atomic E-state index is 0.768. The van der Waals surface area contributed by atoms with Gasteiger partial charge in [-0.1, -0.05) is 71.0 Å². The molecule has 0 radical (unpaired) electrons. The highest BCUT2D eigenvalue weighted by molar-refractivity contribution is 7.00. The first-order valence-corrected chi connectivity index (χ1v) is 9.91. The van der Waals surface area contributed by atoms with Gasteiger partial charge in [-0.25, -0.2) is 4.98 Å². The van der Waals surface area contributed by atoms with Crippen molar-refractivity contribution in [2.45, 2.75) is 12.7 Å². The fourth-order valence-corrected chi connectivity index (χ4v) is 6.08. The Kier molecular flexibility index (Phi) is 3.90. The fourth-order valence-electron chi connectivity index (χ4n) is 2.61. The van der Waals surface area contributed by atoms with Gasteiger partial charge in [0.05, 0.1) is 0 Å². The van der Waals surface area contributed by atoms with Crippen LogP contribution in [0.5, 0.6) is 0 Å². The maximum atomic E-state index is 6.04. The van der Waals surface area contributed by atoms with E-state index in [0.717, 1.165) is 11.2 Å². The van der Waals surface area contributed by atoms with E-state index >= 15 is 0 Å². The molecule has 0 aliphatic heterocycles. The zero-order chi connectivity index (χ0) is 14.7. The number of nitrogens with zero attached hydrogens (tertiary/aromatic N) is 3. The lowest BCUT2D eigenvalue weighted by molar-refractivity contribution is 0.727. The van der Waals surface area contributed by atoms with Gasteiger partial charge in [0, 0.05) is 11.2 Å². The van der Waals surface area contributed by atoms with Crippen LogP contribution in [-0.4, -0.2) is 22.8 Å². The number of rotatable bonds is 4. The van der Waals surface area contributed by atoms with Crippen molar-refractivity contribution in [1.82, 2.24) is 14.8 Å². The Bertz CT molecular complexity index is 698. The first kappa shape index (κ1) is 14.0. The molecule has 3 aromatic rings. The van der Waals surface area contributed by atoms with Crippen molar-refractivity contribution in [3.05, 3.63) is 72.3 Å². The Balaban J connectivity index is 2.08. The molecule has 106 valence electrons. The standard InChI is InChI=1S/C16H16ClN3Si/c1-21(13-20-12-18-11-19-20,15-5-3-2-4-6-15)16-9-7-14(17)8-10-16/h2-12H,13H2,1H3. The Morgan fingerprint density at radius 2 is 1.67 bits per heavy atom. The van der Waals surface area contributed by atoms with E-state index in [-0.39, 0.29) is 0 Å². The lowest BCUT2D eigenvalue weighted by Gasteiger charge is -2.28. The average Bonchev–Trinajstić information content (AvgIpc) is 3.01. The highest BCUT2D eigenvalue weighted by Gasteiger charge is 2.32. The lowest BCUT2D eigenvalue weighted by Crippen LogP contribution is -2.59. The summed E-state index contributed by atoms with van der Waals surface area (Å²) in [4.78, 5) is 4.06. The molecule has 21 heavy (non-hydrogen) atoms. The van der Waals surface area contributed by atoms with Gasteiger partial charge >= 0.3 is 0 Å². The molecule has 0 saturated heterocycles. The second-order valence-electron chi connectivity index (χ2n) is 5.30. The minimum atomic E-state index is -1.93. The third-order valence-electron chi connectivity index (χ3n) is 3.84. The van der Waals surface area contributed by atoms with Gasteiger partial charge in [0.1, 0.15) is 20.7 Å². The summed E-state index contributed by atoms with van der Waals surface area (Å²) in [5.74, 6) is 0. The normalized spacial score (nSPS) is 13.8. The molecule has 2 aromatic carbocycles. The SMILES string of the molecule is C[Si](Cn1cncn1)(c1ccccc1)c1ccc(Cl)cc1. The predicted molar refractivity (Wildman–Crippen MR) is 88.8 cm³/mol. The van der Waals surface area contributed by atoms with Crippen molar-refractivity contribution in [1.29, 1.82) is 0 Å². The van der Waals surface area contributed by atoms with Crippen LogP contribution in [-0.2, 0) is 6.17 Å². The van der Waals surface area contributed by atoms with Gasteiger partial charge < -0.3 is 0 Å². The molecule has 0 aliphatic carbocycles. The molecule has 0 aliphatic rings. The third kappa shape index (κ3) is 2.91. The van der Waals surface area contributed by atoms with Crippen LogP contribution in [0.25, 0.3) is 0 Å². The fraction of sp³-hybridized carbons (Fsp3) is 0.125. The van der Waals surface area contributed by atoms with Crippen molar-refractivity contribution < 1.29 is 0 Å². The number of halogens is 1. The molecule has 5 heteroatoms. The van der Waals surface area contributed by atoms with Crippen molar-refractivity contribution in [3.63, 3.8) is 0 Å². The van der Waals surface area contributed by atoms with Crippen LogP contribution >= 0.6 is 11.6 Å². The molecule has 0 bridgehead atoms. The van der Waals surface area contributed by atoms with Crippen molar-refractivity contribution in [2.24, 2.45) is 0 Å². The van der Waals surface area contributed by atoms with Crippen LogP contribution in [0.1, 0.15) is 0 Å². The van der Waals surface area contributed by atoms with Crippen LogP contribution < -0.4 is 10.4 Å². The molecule has 0 saturated carbocycles. The van der Waals surface area contributed by atoms with E-state index < -0.39 is 8.07 Å². The number of hydrogen-bond donors (Lipinski definition) is 0. The van der Waals surface area contributed by atoms with E-state index in [2.05, 4.69) is 59.1 Å². The van der Waals surface area contributed by atoms with Gasteiger partial charge in [-0.05, 0) is 12.1 Å². The number of hydrogen-bond acceptors (Lipinski definition) is 2. The molecule has 1 heterocycles. The molecule has 1 aromatic heterocycles. The molecular weight excluding hydrogens is 298 g/mol.